The van der Waals surface area contributed by atoms with Gasteiger partial charge in [-0.2, -0.15) is 5.10 Å². The van der Waals surface area contributed by atoms with Crippen LogP contribution in [0.15, 0.2) is 79.4 Å². The normalized spacial score (nSPS) is 12.3. The third kappa shape index (κ3) is 3.59. The van der Waals surface area contributed by atoms with Gasteiger partial charge < -0.3 is 8.98 Å². The standard InChI is InChI=1S/C22H19N3O2S/c1-3-25-19(14-28-22(25)24-23-13-16-7-5-4-6-8-16)18-12-17-11-15(2)9-10-20(17)27-21(18)26/h4-14H,3H2,1-2H3/b23-13?,24-22-. The van der Waals surface area contributed by atoms with Gasteiger partial charge in [-0.1, -0.05) is 42.0 Å². The average Bonchev–Trinajstić information content (AvgIpc) is 3.11. The van der Waals surface area contributed by atoms with Gasteiger partial charge in [-0.25, -0.2) is 4.79 Å². The molecule has 0 spiro atoms. The molecule has 0 radical (unpaired) electrons. The van der Waals surface area contributed by atoms with Crippen molar-refractivity contribution < 1.29 is 4.42 Å². The Labute approximate surface area is 165 Å². The molecule has 0 unspecified atom stereocenters. The van der Waals surface area contributed by atoms with Crippen LogP contribution in [0.1, 0.15) is 18.1 Å². The van der Waals surface area contributed by atoms with Gasteiger partial charge in [0.05, 0.1) is 17.5 Å². The number of rotatable bonds is 4. The molecule has 5 nitrogen and oxygen atoms in total. The van der Waals surface area contributed by atoms with E-state index in [9.17, 15) is 4.79 Å². The zero-order valence-corrected chi connectivity index (χ0v) is 16.4. The van der Waals surface area contributed by atoms with Crippen LogP contribution < -0.4 is 10.4 Å². The first kappa shape index (κ1) is 18.1. The molecule has 0 amide bonds. The number of fused-ring (bicyclic) bond motifs is 1. The van der Waals surface area contributed by atoms with E-state index in [-0.39, 0.29) is 5.63 Å². The van der Waals surface area contributed by atoms with Crippen molar-refractivity contribution in [2.24, 2.45) is 10.2 Å². The minimum atomic E-state index is -0.351. The lowest BCUT2D eigenvalue weighted by Crippen LogP contribution is -2.16. The molecule has 0 saturated carbocycles. The van der Waals surface area contributed by atoms with E-state index in [4.69, 9.17) is 4.42 Å². The van der Waals surface area contributed by atoms with Gasteiger partial charge in [0, 0.05) is 17.3 Å². The van der Waals surface area contributed by atoms with Crippen LogP contribution in [0.5, 0.6) is 0 Å². The van der Waals surface area contributed by atoms with Gasteiger partial charge in [0.25, 0.3) is 0 Å². The highest BCUT2D eigenvalue weighted by atomic mass is 32.1. The van der Waals surface area contributed by atoms with Gasteiger partial charge in [0.15, 0.2) is 0 Å². The van der Waals surface area contributed by atoms with E-state index in [1.54, 1.807) is 6.21 Å². The van der Waals surface area contributed by atoms with Crippen molar-refractivity contribution in [2.45, 2.75) is 20.4 Å². The molecule has 0 bridgehead atoms. The van der Waals surface area contributed by atoms with Crippen LogP contribution in [-0.4, -0.2) is 10.8 Å². The number of thiazole rings is 1. The molecule has 0 aliphatic carbocycles. The molecular weight excluding hydrogens is 370 g/mol. The topological polar surface area (TPSA) is 59.9 Å². The van der Waals surface area contributed by atoms with Crippen molar-refractivity contribution in [1.82, 2.24) is 4.57 Å². The molecule has 0 N–H and O–H groups in total. The molecule has 0 aliphatic rings. The second-order valence-electron chi connectivity index (χ2n) is 6.39. The SMILES string of the molecule is CCn1c(-c2cc3cc(C)ccc3oc2=O)cs/c1=N\N=Cc1ccccc1. The summed E-state index contributed by atoms with van der Waals surface area (Å²) >= 11 is 1.45. The maximum absolute atomic E-state index is 12.6. The maximum atomic E-state index is 12.6. The van der Waals surface area contributed by atoms with Gasteiger partial charge in [-0.15, -0.1) is 16.4 Å². The Bertz CT molecular complexity index is 1280. The molecule has 140 valence electrons. The Hall–Kier alpha value is -3.25. The third-order valence-electron chi connectivity index (χ3n) is 4.43. The Kier molecular flexibility index (Phi) is 5.04. The minimum absolute atomic E-state index is 0.351. The highest BCUT2D eigenvalue weighted by Gasteiger charge is 2.13. The summed E-state index contributed by atoms with van der Waals surface area (Å²) in [7, 11) is 0. The first-order valence-electron chi connectivity index (χ1n) is 9.01. The van der Waals surface area contributed by atoms with Crippen molar-refractivity contribution in [1.29, 1.82) is 0 Å². The van der Waals surface area contributed by atoms with Crippen LogP contribution in [0.4, 0.5) is 0 Å². The van der Waals surface area contributed by atoms with Crippen molar-refractivity contribution >= 4 is 28.5 Å². The van der Waals surface area contributed by atoms with E-state index in [2.05, 4.69) is 10.2 Å². The number of hydrogen-bond donors (Lipinski definition) is 0. The number of benzene rings is 2. The number of aryl methyl sites for hydroxylation is 1. The highest BCUT2D eigenvalue weighted by molar-refractivity contribution is 7.07. The molecular formula is C22H19N3O2S. The van der Waals surface area contributed by atoms with Gasteiger partial charge >= 0.3 is 5.63 Å². The number of hydrogen-bond acceptors (Lipinski definition) is 5. The van der Waals surface area contributed by atoms with Crippen LogP contribution >= 0.6 is 11.3 Å². The molecule has 0 saturated heterocycles. The van der Waals surface area contributed by atoms with E-state index in [1.165, 1.54) is 11.3 Å². The fraction of sp³-hybridized carbons (Fsp3) is 0.136. The summed E-state index contributed by atoms with van der Waals surface area (Å²) in [5.41, 5.74) is 3.66. The second-order valence-corrected chi connectivity index (χ2v) is 7.23. The fourth-order valence-corrected chi connectivity index (χ4v) is 3.96. The fourth-order valence-electron chi connectivity index (χ4n) is 3.04. The van der Waals surface area contributed by atoms with Crippen molar-refractivity contribution in [3.8, 4) is 11.3 Å². The molecule has 0 aliphatic heterocycles. The van der Waals surface area contributed by atoms with Crippen LogP contribution in [0.2, 0.25) is 0 Å². The Morgan fingerprint density at radius 3 is 2.75 bits per heavy atom. The van der Waals surface area contributed by atoms with Crippen molar-refractivity contribution in [3.63, 3.8) is 0 Å². The van der Waals surface area contributed by atoms with Crippen molar-refractivity contribution in [3.05, 3.63) is 86.3 Å². The first-order chi connectivity index (χ1) is 13.7. The van der Waals surface area contributed by atoms with Gasteiger partial charge in [0.1, 0.15) is 5.58 Å². The monoisotopic (exact) mass is 389 g/mol. The molecule has 6 heteroatoms. The molecule has 28 heavy (non-hydrogen) atoms. The molecule has 2 heterocycles. The molecule has 4 rings (SSSR count). The van der Waals surface area contributed by atoms with E-state index < -0.39 is 0 Å². The lowest BCUT2D eigenvalue weighted by atomic mass is 10.1. The Morgan fingerprint density at radius 2 is 1.96 bits per heavy atom. The lowest BCUT2D eigenvalue weighted by Gasteiger charge is -2.06. The number of aromatic nitrogens is 1. The summed E-state index contributed by atoms with van der Waals surface area (Å²) < 4.78 is 7.50. The smallest absolute Gasteiger partial charge is 0.345 e. The lowest BCUT2D eigenvalue weighted by molar-refractivity contribution is 0.562. The summed E-state index contributed by atoms with van der Waals surface area (Å²) in [5.74, 6) is 0. The molecule has 0 atom stereocenters. The van der Waals surface area contributed by atoms with Crippen LogP contribution in [0.25, 0.3) is 22.2 Å². The highest BCUT2D eigenvalue weighted by Crippen LogP contribution is 2.22. The molecule has 0 fully saturated rings. The van der Waals surface area contributed by atoms with E-state index in [0.29, 0.717) is 17.7 Å². The van der Waals surface area contributed by atoms with Gasteiger partial charge in [-0.05, 0) is 37.6 Å². The summed E-state index contributed by atoms with van der Waals surface area (Å²) in [4.78, 5) is 13.3. The predicted molar refractivity (Wildman–Crippen MR) is 114 cm³/mol. The Morgan fingerprint density at radius 1 is 1.14 bits per heavy atom. The zero-order valence-electron chi connectivity index (χ0n) is 15.6. The predicted octanol–water partition coefficient (Wildman–Crippen LogP) is 4.59. The van der Waals surface area contributed by atoms with Crippen LogP contribution in [-0.2, 0) is 6.54 Å². The number of nitrogens with zero attached hydrogens (tertiary/aromatic N) is 3. The average molecular weight is 389 g/mol. The van der Waals surface area contributed by atoms with Crippen LogP contribution in [0, 0.1) is 6.92 Å². The van der Waals surface area contributed by atoms with Crippen LogP contribution in [0.3, 0.4) is 0 Å². The summed E-state index contributed by atoms with van der Waals surface area (Å²) in [6.07, 6.45) is 1.71. The second kappa shape index (κ2) is 7.78. The summed E-state index contributed by atoms with van der Waals surface area (Å²) in [6.45, 7) is 4.70. The first-order valence-corrected chi connectivity index (χ1v) is 9.89. The van der Waals surface area contributed by atoms with E-state index in [1.807, 2.05) is 78.4 Å². The maximum Gasteiger partial charge on any atom is 0.345 e. The molecule has 4 aromatic rings. The Balaban J connectivity index is 1.78. The zero-order chi connectivity index (χ0) is 19.5. The summed E-state index contributed by atoms with van der Waals surface area (Å²) in [6, 6.07) is 17.5. The van der Waals surface area contributed by atoms with E-state index >= 15 is 0 Å². The largest absolute Gasteiger partial charge is 0.422 e. The van der Waals surface area contributed by atoms with Crippen molar-refractivity contribution in [2.75, 3.05) is 0 Å². The summed E-state index contributed by atoms with van der Waals surface area (Å²) in [5, 5.41) is 11.4. The minimum Gasteiger partial charge on any atom is -0.422 e. The van der Waals surface area contributed by atoms with Gasteiger partial charge in [0.2, 0.25) is 4.80 Å². The molecule has 2 aromatic carbocycles. The molecule has 2 aromatic heterocycles. The quantitative estimate of drug-likeness (QED) is 0.291. The third-order valence-corrected chi connectivity index (χ3v) is 5.28. The van der Waals surface area contributed by atoms with Gasteiger partial charge in [-0.3, -0.25) is 0 Å². The van der Waals surface area contributed by atoms with E-state index in [0.717, 1.165) is 27.0 Å².